The highest BCUT2D eigenvalue weighted by Gasteiger charge is 2.37. The fraction of sp³-hybridized carbons (Fsp3) is 1.00. The van der Waals surface area contributed by atoms with Crippen molar-refractivity contribution < 1.29 is 13.2 Å². The van der Waals surface area contributed by atoms with Crippen molar-refractivity contribution in [3.63, 3.8) is 0 Å². The summed E-state index contributed by atoms with van der Waals surface area (Å²) >= 11 is 0. The van der Waals surface area contributed by atoms with Gasteiger partial charge in [0.25, 0.3) is 0 Å². The first-order chi connectivity index (χ1) is 6.04. The van der Waals surface area contributed by atoms with Crippen molar-refractivity contribution in [2.24, 2.45) is 0 Å². The van der Waals surface area contributed by atoms with Gasteiger partial charge in [-0.05, 0) is 26.2 Å². The van der Waals surface area contributed by atoms with E-state index < -0.39 is 10.0 Å². The molecule has 1 N–H and O–H groups in total. The Kier molecular flexibility index (Phi) is 3.32. The number of hydrogen-bond acceptors (Lipinski definition) is 3. The molecule has 1 saturated carbocycles. The minimum atomic E-state index is -3.07. The molecule has 0 bridgehead atoms. The quantitative estimate of drug-likeness (QED) is 0.714. The van der Waals surface area contributed by atoms with Gasteiger partial charge in [0.15, 0.2) is 0 Å². The van der Waals surface area contributed by atoms with Crippen molar-refractivity contribution in [2.75, 3.05) is 19.4 Å². The van der Waals surface area contributed by atoms with Gasteiger partial charge in [0.1, 0.15) is 0 Å². The molecule has 0 saturated heterocycles. The van der Waals surface area contributed by atoms with Crippen LogP contribution in [-0.4, -0.2) is 33.4 Å². The van der Waals surface area contributed by atoms with Crippen LogP contribution < -0.4 is 4.72 Å². The molecule has 1 rings (SSSR count). The van der Waals surface area contributed by atoms with E-state index in [9.17, 15) is 8.42 Å². The molecule has 1 aliphatic rings. The molecule has 0 atom stereocenters. The van der Waals surface area contributed by atoms with Gasteiger partial charge in [-0.1, -0.05) is 0 Å². The Morgan fingerprint density at radius 1 is 1.46 bits per heavy atom. The number of nitrogens with one attached hydrogen (secondary N) is 1. The average Bonchev–Trinajstić information content (AvgIpc) is 2.03. The number of hydrogen-bond donors (Lipinski definition) is 1. The molecule has 0 heterocycles. The van der Waals surface area contributed by atoms with Crippen molar-refractivity contribution >= 4 is 10.0 Å². The number of ether oxygens (including phenoxy) is 1. The number of rotatable bonds is 5. The van der Waals surface area contributed by atoms with Crippen LogP contribution in [0.3, 0.4) is 0 Å². The first-order valence-corrected chi connectivity index (χ1v) is 6.21. The lowest BCUT2D eigenvalue weighted by molar-refractivity contribution is -0.0659. The maximum absolute atomic E-state index is 11.1. The van der Waals surface area contributed by atoms with E-state index in [1.165, 1.54) is 0 Å². The predicted octanol–water partition coefficient (Wildman–Crippen LogP) is 0.495. The molecule has 4 nitrogen and oxygen atoms in total. The summed E-state index contributed by atoms with van der Waals surface area (Å²) in [4.78, 5) is 0. The summed E-state index contributed by atoms with van der Waals surface area (Å²) in [5.41, 5.74) is -0.220. The monoisotopic (exact) mass is 207 g/mol. The molecule has 1 aliphatic carbocycles. The lowest BCUT2D eigenvalue weighted by atomic mass is 9.80. The van der Waals surface area contributed by atoms with E-state index in [2.05, 4.69) is 4.72 Å². The van der Waals surface area contributed by atoms with Crippen LogP contribution >= 0.6 is 0 Å². The van der Waals surface area contributed by atoms with E-state index in [-0.39, 0.29) is 11.4 Å². The van der Waals surface area contributed by atoms with Crippen LogP contribution in [0.2, 0.25) is 0 Å². The number of methoxy groups -OCH3 is 1. The molecule has 0 aromatic heterocycles. The van der Waals surface area contributed by atoms with Gasteiger partial charge in [-0.2, -0.15) is 0 Å². The smallest absolute Gasteiger partial charge is 0.211 e. The molecule has 0 radical (unpaired) electrons. The normalized spacial score (nSPS) is 21.1. The van der Waals surface area contributed by atoms with Crippen molar-refractivity contribution in [2.45, 2.75) is 31.8 Å². The van der Waals surface area contributed by atoms with E-state index in [0.29, 0.717) is 6.54 Å². The van der Waals surface area contributed by atoms with Crippen LogP contribution in [0.25, 0.3) is 0 Å². The molecule has 1 fully saturated rings. The summed E-state index contributed by atoms with van der Waals surface area (Å²) in [5.74, 6) is 0.132. The van der Waals surface area contributed by atoms with Crippen LogP contribution in [0.1, 0.15) is 26.2 Å². The summed E-state index contributed by atoms with van der Waals surface area (Å²) in [7, 11) is -1.43. The minimum Gasteiger partial charge on any atom is -0.377 e. The zero-order chi connectivity index (χ0) is 9.95. The summed E-state index contributed by atoms with van der Waals surface area (Å²) in [6, 6.07) is 0. The molecule has 0 aromatic carbocycles. The van der Waals surface area contributed by atoms with Crippen molar-refractivity contribution in [1.82, 2.24) is 4.72 Å². The molecule has 78 valence electrons. The lowest BCUT2D eigenvalue weighted by Gasteiger charge is -2.40. The third-order valence-corrected chi connectivity index (χ3v) is 4.04. The minimum absolute atomic E-state index is 0.132. The van der Waals surface area contributed by atoms with Crippen molar-refractivity contribution in [3.8, 4) is 0 Å². The Hall–Kier alpha value is -0.130. The van der Waals surface area contributed by atoms with Crippen LogP contribution in [0.15, 0.2) is 0 Å². The summed E-state index contributed by atoms with van der Waals surface area (Å²) < 4.78 is 30.1. The molecular weight excluding hydrogens is 190 g/mol. The van der Waals surface area contributed by atoms with Gasteiger partial charge in [-0.3, -0.25) is 0 Å². The van der Waals surface area contributed by atoms with Gasteiger partial charge >= 0.3 is 0 Å². The maximum atomic E-state index is 11.1. The molecule has 0 aliphatic heterocycles. The third kappa shape index (κ3) is 2.65. The van der Waals surface area contributed by atoms with Crippen LogP contribution in [-0.2, 0) is 14.8 Å². The SMILES string of the molecule is CCS(=O)(=O)NCC1(OC)CCC1. The van der Waals surface area contributed by atoms with Gasteiger partial charge in [0.05, 0.1) is 11.4 Å². The molecular formula is C8H17NO3S. The van der Waals surface area contributed by atoms with E-state index in [1.54, 1.807) is 14.0 Å². The Morgan fingerprint density at radius 2 is 2.08 bits per heavy atom. The third-order valence-electron chi connectivity index (χ3n) is 2.69. The maximum Gasteiger partial charge on any atom is 0.211 e. The highest BCUT2D eigenvalue weighted by molar-refractivity contribution is 7.89. The lowest BCUT2D eigenvalue weighted by Crippen LogP contribution is -2.49. The second-order valence-corrected chi connectivity index (χ2v) is 5.56. The van der Waals surface area contributed by atoms with E-state index in [1.807, 2.05) is 0 Å². The second kappa shape index (κ2) is 3.94. The van der Waals surface area contributed by atoms with Crippen molar-refractivity contribution in [3.05, 3.63) is 0 Å². The Balaban J connectivity index is 2.41. The van der Waals surface area contributed by atoms with E-state index >= 15 is 0 Å². The largest absolute Gasteiger partial charge is 0.377 e. The zero-order valence-corrected chi connectivity index (χ0v) is 8.99. The van der Waals surface area contributed by atoms with Gasteiger partial charge < -0.3 is 4.74 Å². The Labute approximate surface area is 79.7 Å². The summed E-state index contributed by atoms with van der Waals surface area (Å²) in [6.07, 6.45) is 3.03. The number of sulfonamides is 1. The van der Waals surface area contributed by atoms with Crippen LogP contribution in [0.5, 0.6) is 0 Å². The zero-order valence-electron chi connectivity index (χ0n) is 8.17. The van der Waals surface area contributed by atoms with Gasteiger partial charge in [-0.15, -0.1) is 0 Å². The van der Waals surface area contributed by atoms with E-state index in [0.717, 1.165) is 19.3 Å². The highest BCUT2D eigenvalue weighted by atomic mass is 32.2. The van der Waals surface area contributed by atoms with E-state index in [4.69, 9.17) is 4.74 Å². The first kappa shape index (κ1) is 10.9. The van der Waals surface area contributed by atoms with Gasteiger partial charge in [0, 0.05) is 13.7 Å². The Bertz CT molecular complexity index is 251. The molecule has 0 amide bonds. The molecule has 5 heteroatoms. The highest BCUT2D eigenvalue weighted by Crippen LogP contribution is 2.34. The first-order valence-electron chi connectivity index (χ1n) is 4.56. The average molecular weight is 207 g/mol. The predicted molar refractivity (Wildman–Crippen MR) is 51.1 cm³/mol. The standard InChI is InChI=1S/C8H17NO3S/c1-3-13(10,11)9-7-8(12-2)5-4-6-8/h9H,3-7H2,1-2H3. The van der Waals surface area contributed by atoms with Gasteiger partial charge in [0.2, 0.25) is 10.0 Å². The Morgan fingerprint density at radius 3 is 2.38 bits per heavy atom. The van der Waals surface area contributed by atoms with Crippen LogP contribution in [0, 0.1) is 0 Å². The summed E-state index contributed by atoms with van der Waals surface area (Å²) in [5, 5.41) is 0. The topological polar surface area (TPSA) is 55.4 Å². The van der Waals surface area contributed by atoms with Crippen LogP contribution in [0.4, 0.5) is 0 Å². The second-order valence-electron chi connectivity index (χ2n) is 3.47. The molecule has 13 heavy (non-hydrogen) atoms. The van der Waals surface area contributed by atoms with Gasteiger partial charge in [-0.25, -0.2) is 13.1 Å². The fourth-order valence-electron chi connectivity index (χ4n) is 1.37. The molecule has 0 spiro atoms. The fourth-order valence-corrected chi connectivity index (χ4v) is 2.05. The summed E-state index contributed by atoms with van der Waals surface area (Å²) in [6.45, 7) is 2.04. The molecule has 0 aromatic rings. The van der Waals surface area contributed by atoms with Crippen molar-refractivity contribution in [1.29, 1.82) is 0 Å². The molecule has 0 unspecified atom stereocenters.